The molecule has 38 heavy (non-hydrogen) atoms. The van der Waals surface area contributed by atoms with Gasteiger partial charge in [0.2, 0.25) is 5.13 Å². The lowest BCUT2D eigenvalue weighted by Crippen LogP contribution is -2.14. The van der Waals surface area contributed by atoms with Crippen molar-refractivity contribution in [3.8, 4) is 40.6 Å². The number of nitrogens with zero attached hydrogens (tertiary/aromatic N) is 5. The van der Waals surface area contributed by atoms with Gasteiger partial charge >= 0.3 is 0 Å². The number of carbonyl (C=O) groups excluding carboxylic acids is 1. The molecule has 3 aromatic rings. The van der Waals surface area contributed by atoms with Crippen LogP contribution >= 0.6 is 11.3 Å². The minimum absolute atomic E-state index is 0.0748. The number of pyridine rings is 2. The number of carbonyl (C=O) groups is 1. The molecule has 3 aromatic heterocycles. The average molecular weight is 534 g/mol. The summed E-state index contributed by atoms with van der Waals surface area (Å²) in [5.41, 5.74) is 6.32. The van der Waals surface area contributed by atoms with Crippen LogP contribution in [-0.4, -0.2) is 46.4 Å². The van der Waals surface area contributed by atoms with E-state index in [9.17, 15) is 13.6 Å². The van der Waals surface area contributed by atoms with E-state index in [2.05, 4.69) is 54.2 Å². The Bertz CT molecular complexity index is 1540. The Balaban J connectivity index is 1.75. The van der Waals surface area contributed by atoms with E-state index < -0.39 is 18.0 Å². The number of rotatable bonds is 6. The SMILES string of the molecule is CN=C/C(C#Cc1cc(-c2cc(C(F)F)ncc2OC)c(C(=O)Nc2nnc(C#CC3CC3)s2)cn1)=C\N. The summed E-state index contributed by atoms with van der Waals surface area (Å²) in [7, 11) is 2.95. The van der Waals surface area contributed by atoms with Gasteiger partial charge in [0.1, 0.15) is 17.1 Å². The Morgan fingerprint density at radius 1 is 1.24 bits per heavy atom. The van der Waals surface area contributed by atoms with Gasteiger partial charge in [0, 0.05) is 42.7 Å². The topological polar surface area (TPSA) is 128 Å². The fourth-order valence-corrected chi connectivity index (χ4v) is 3.75. The van der Waals surface area contributed by atoms with E-state index in [1.165, 1.54) is 38.0 Å². The van der Waals surface area contributed by atoms with Crippen LogP contribution in [0.15, 0.2) is 41.3 Å². The van der Waals surface area contributed by atoms with Crippen LogP contribution in [0.3, 0.4) is 0 Å². The van der Waals surface area contributed by atoms with Crippen LogP contribution in [0.1, 0.15) is 46.0 Å². The van der Waals surface area contributed by atoms with Crippen molar-refractivity contribution in [2.45, 2.75) is 19.3 Å². The minimum atomic E-state index is -2.83. The number of ether oxygens (including phenoxy) is 1. The zero-order valence-corrected chi connectivity index (χ0v) is 21.1. The molecule has 1 amide bonds. The number of aliphatic imine (C=N–C) groups is 1. The molecule has 1 aliphatic carbocycles. The van der Waals surface area contributed by atoms with E-state index >= 15 is 0 Å². The highest BCUT2D eigenvalue weighted by Crippen LogP contribution is 2.35. The van der Waals surface area contributed by atoms with E-state index in [4.69, 9.17) is 10.5 Å². The van der Waals surface area contributed by atoms with Gasteiger partial charge in [0.15, 0.2) is 5.01 Å². The van der Waals surface area contributed by atoms with Crippen molar-refractivity contribution in [2.24, 2.45) is 16.6 Å². The van der Waals surface area contributed by atoms with Gasteiger partial charge in [-0.3, -0.25) is 20.1 Å². The molecule has 4 rings (SSSR count). The Morgan fingerprint density at radius 2 is 2.05 bits per heavy atom. The molecule has 1 aliphatic rings. The van der Waals surface area contributed by atoms with Crippen molar-refractivity contribution >= 4 is 28.6 Å². The summed E-state index contributed by atoms with van der Waals surface area (Å²) in [4.78, 5) is 25.2. The summed E-state index contributed by atoms with van der Waals surface area (Å²) in [6.45, 7) is 0. The molecule has 192 valence electrons. The molecular formula is C26H21F2N7O2S. The van der Waals surface area contributed by atoms with Gasteiger partial charge in [0.25, 0.3) is 12.3 Å². The number of amides is 1. The second kappa shape index (κ2) is 12.0. The molecule has 9 nitrogen and oxygen atoms in total. The van der Waals surface area contributed by atoms with Gasteiger partial charge in [0.05, 0.1) is 24.4 Å². The molecule has 0 aliphatic heterocycles. The number of anilines is 1. The molecule has 0 saturated heterocycles. The van der Waals surface area contributed by atoms with Crippen LogP contribution in [0.4, 0.5) is 13.9 Å². The third-order valence-corrected chi connectivity index (χ3v) is 5.91. The Hall–Kier alpha value is -4.68. The van der Waals surface area contributed by atoms with Gasteiger partial charge in [-0.25, -0.2) is 13.8 Å². The van der Waals surface area contributed by atoms with Crippen LogP contribution in [-0.2, 0) is 0 Å². The van der Waals surface area contributed by atoms with Crippen LogP contribution in [0.25, 0.3) is 11.1 Å². The van der Waals surface area contributed by atoms with Gasteiger partial charge in [-0.1, -0.05) is 23.2 Å². The normalized spacial score (nSPS) is 13.0. The molecule has 1 saturated carbocycles. The fraction of sp³-hybridized carbons (Fsp3) is 0.231. The molecule has 1 fully saturated rings. The first-order valence-corrected chi connectivity index (χ1v) is 12.1. The first kappa shape index (κ1) is 26.4. The van der Waals surface area contributed by atoms with Crippen molar-refractivity contribution in [1.82, 2.24) is 20.2 Å². The van der Waals surface area contributed by atoms with Gasteiger partial charge in [-0.2, -0.15) is 0 Å². The fourth-order valence-electron chi connectivity index (χ4n) is 3.15. The number of alkyl halides is 2. The molecule has 3 heterocycles. The summed E-state index contributed by atoms with van der Waals surface area (Å²) >= 11 is 1.13. The number of aromatic nitrogens is 4. The summed E-state index contributed by atoms with van der Waals surface area (Å²) in [6, 6.07) is 2.66. The maximum atomic E-state index is 13.5. The van der Waals surface area contributed by atoms with Crippen molar-refractivity contribution < 1.29 is 18.3 Å². The predicted octanol–water partition coefficient (Wildman–Crippen LogP) is 3.85. The van der Waals surface area contributed by atoms with Crippen LogP contribution in [0, 0.1) is 29.6 Å². The quantitative estimate of drug-likeness (QED) is 0.364. The largest absolute Gasteiger partial charge is 0.494 e. The summed E-state index contributed by atoms with van der Waals surface area (Å²) in [5, 5.41) is 11.4. The monoisotopic (exact) mass is 533 g/mol. The molecule has 0 bridgehead atoms. The van der Waals surface area contributed by atoms with Crippen LogP contribution in [0.2, 0.25) is 0 Å². The smallest absolute Gasteiger partial charge is 0.280 e. The van der Waals surface area contributed by atoms with Crippen molar-refractivity contribution in [3.63, 3.8) is 0 Å². The zero-order valence-electron chi connectivity index (χ0n) is 20.3. The number of nitrogens with two attached hydrogens (primary N) is 1. The Kier molecular flexibility index (Phi) is 8.36. The number of hydrogen-bond donors (Lipinski definition) is 2. The number of nitrogens with one attached hydrogen (secondary N) is 1. The third kappa shape index (κ3) is 6.55. The summed E-state index contributed by atoms with van der Waals surface area (Å²) in [5.74, 6) is 11.7. The molecule has 3 N–H and O–H groups in total. The van der Waals surface area contributed by atoms with E-state index in [0.717, 1.165) is 30.2 Å². The number of methoxy groups -OCH3 is 1. The van der Waals surface area contributed by atoms with Gasteiger partial charge < -0.3 is 10.5 Å². The van der Waals surface area contributed by atoms with E-state index in [1.807, 2.05) is 0 Å². The van der Waals surface area contributed by atoms with Gasteiger partial charge in [-0.15, -0.1) is 10.2 Å². The average Bonchev–Trinajstić information content (AvgIpc) is 3.66. The zero-order chi connectivity index (χ0) is 27.1. The maximum Gasteiger partial charge on any atom is 0.280 e. The number of hydrogen-bond acceptors (Lipinski definition) is 9. The van der Waals surface area contributed by atoms with Crippen molar-refractivity contribution in [2.75, 3.05) is 19.5 Å². The summed E-state index contributed by atoms with van der Waals surface area (Å²) in [6.07, 6.45) is 4.55. The molecule has 0 radical (unpaired) electrons. The molecular weight excluding hydrogens is 512 g/mol. The third-order valence-electron chi connectivity index (χ3n) is 5.16. The minimum Gasteiger partial charge on any atom is -0.494 e. The second-order valence-electron chi connectivity index (χ2n) is 7.89. The highest BCUT2D eigenvalue weighted by Gasteiger charge is 2.22. The highest BCUT2D eigenvalue weighted by atomic mass is 32.1. The molecule has 0 atom stereocenters. The lowest BCUT2D eigenvalue weighted by atomic mass is 9.99. The van der Waals surface area contributed by atoms with E-state index in [0.29, 0.717) is 16.5 Å². The van der Waals surface area contributed by atoms with Crippen molar-refractivity contribution in [1.29, 1.82) is 0 Å². The highest BCUT2D eigenvalue weighted by molar-refractivity contribution is 7.15. The Morgan fingerprint density at radius 3 is 2.74 bits per heavy atom. The molecule has 0 aromatic carbocycles. The van der Waals surface area contributed by atoms with E-state index in [1.54, 1.807) is 7.05 Å². The maximum absolute atomic E-state index is 13.5. The number of allylic oxidation sites excluding steroid dienone is 1. The first-order valence-electron chi connectivity index (χ1n) is 11.3. The predicted molar refractivity (Wildman–Crippen MR) is 140 cm³/mol. The molecule has 0 unspecified atom stereocenters. The standard InChI is InChI=1S/C26H21F2N7O2S/c1-30-12-16(11-29)5-7-17-9-18(19-10-21(24(27)28)32-14-22(19)37-2)20(13-31-17)25(36)33-26-35-34-23(38-26)8-6-15-3-4-15/h9-15,24H,3-4,29H2,1-2H3,(H,33,35,36)/b16-11-,30-12?. The lowest BCUT2D eigenvalue weighted by molar-refractivity contribution is 0.102. The van der Waals surface area contributed by atoms with Crippen LogP contribution < -0.4 is 15.8 Å². The summed E-state index contributed by atoms with van der Waals surface area (Å²) < 4.78 is 32.3. The first-order chi connectivity index (χ1) is 18.4. The Labute approximate surface area is 221 Å². The van der Waals surface area contributed by atoms with Crippen molar-refractivity contribution in [3.05, 3.63) is 58.3 Å². The lowest BCUT2D eigenvalue weighted by Gasteiger charge is -2.14. The van der Waals surface area contributed by atoms with E-state index in [-0.39, 0.29) is 33.3 Å². The van der Waals surface area contributed by atoms with Crippen LogP contribution in [0.5, 0.6) is 5.75 Å². The molecule has 12 heteroatoms. The molecule has 0 spiro atoms. The van der Waals surface area contributed by atoms with Gasteiger partial charge in [-0.05, 0) is 36.8 Å². The second-order valence-corrected chi connectivity index (χ2v) is 8.87. The number of halogens is 2.